The van der Waals surface area contributed by atoms with Crippen molar-refractivity contribution in [2.24, 2.45) is 11.3 Å². The molecule has 0 aliphatic carbocycles. The Hall–Kier alpha value is -1.92. The van der Waals surface area contributed by atoms with Crippen LogP contribution in [0.5, 0.6) is 0 Å². The number of carbonyl (C=O) groups excluding carboxylic acids is 2. The largest absolute Gasteiger partial charge is 0.353 e. The molecule has 2 amide bonds. The van der Waals surface area contributed by atoms with Crippen LogP contribution in [0.25, 0.3) is 0 Å². The topological polar surface area (TPSA) is 64.7 Å². The summed E-state index contributed by atoms with van der Waals surface area (Å²) in [5.41, 5.74) is 0.990. The van der Waals surface area contributed by atoms with Gasteiger partial charge in [-0.15, -0.1) is 0 Å². The Bertz CT molecular complexity index is 687. The number of carbonyl (C=O) groups is 2. The SMILES string of the molecule is CC(=O)N1CCC(NC(=O)[C@@]23CNC[C@@H]2CN(Cc2ccccc2)C3)CC1. The van der Waals surface area contributed by atoms with Gasteiger partial charge in [-0.05, 0) is 18.4 Å². The molecule has 0 unspecified atom stereocenters. The van der Waals surface area contributed by atoms with Gasteiger partial charge in [-0.1, -0.05) is 30.3 Å². The fourth-order valence-electron chi connectivity index (χ4n) is 4.98. The van der Waals surface area contributed by atoms with Crippen molar-refractivity contribution >= 4 is 11.8 Å². The first-order chi connectivity index (χ1) is 13.1. The zero-order chi connectivity index (χ0) is 18.9. The van der Waals surface area contributed by atoms with E-state index in [2.05, 4.69) is 39.8 Å². The molecule has 3 aliphatic rings. The molecule has 2 N–H and O–H groups in total. The molecule has 1 aromatic rings. The Morgan fingerprint density at radius 3 is 2.67 bits per heavy atom. The second-order valence-corrected chi connectivity index (χ2v) is 8.39. The summed E-state index contributed by atoms with van der Waals surface area (Å²) in [6.45, 7) is 7.48. The van der Waals surface area contributed by atoms with E-state index in [-0.39, 0.29) is 23.3 Å². The summed E-state index contributed by atoms with van der Waals surface area (Å²) in [4.78, 5) is 29.1. The predicted molar refractivity (Wildman–Crippen MR) is 104 cm³/mol. The lowest BCUT2D eigenvalue weighted by Crippen LogP contribution is -2.53. The fraction of sp³-hybridized carbons (Fsp3) is 0.619. The highest BCUT2D eigenvalue weighted by Crippen LogP contribution is 2.40. The molecule has 4 rings (SSSR count). The number of likely N-dealkylation sites (tertiary alicyclic amines) is 2. The molecule has 0 aromatic heterocycles. The summed E-state index contributed by atoms with van der Waals surface area (Å²) >= 11 is 0. The molecule has 3 saturated heterocycles. The number of benzene rings is 1. The molecule has 6 heteroatoms. The van der Waals surface area contributed by atoms with Gasteiger partial charge in [0.25, 0.3) is 0 Å². The second kappa shape index (κ2) is 7.60. The average Bonchev–Trinajstić information content (AvgIpc) is 3.21. The van der Waals surface area contributed by atoms with Crippen molar-refractivity contribution in [2.75, 3.05) is 39.3 Å². The van der Waals surface area contributed by atoms with Crippen molar-refractivity contribution in [2.45, 2.75) is 32.4 Å². The minimum absolute atomic E-state index is 0.130. The molecule has 0 spiro atoms. The number of hydrogen-bond acceptors (Lipinski definition) is 4. The quantitative estimate of drug-likeness (QED) is 0.824. The molecule has 0 saturated carbocycles. The minimum atomic E-state index is -0.313. The van der Waals surface area contributed by atoms with Crippen molar-refractivity contribution in [3.05, 3.63) is 35.9 Å². The van der Waals surface area contributed by atoms with Crippen molar-refractivity contribution in [3.63, 3.8) is 0 Å². The molecule has 6 nitrogen and oxygen atoms in total. The van der Waals surface area contributed by atoms with Gasteiger partial charge in [0, 0.05) is 64.7 Å². The third-order valence-corrected chi connectivity index (χ3v) is 6.57. The first-order valence-electron chi connectivity index (χ1n) is 10.1. The predicted octanol–water partition coefficient (Wildman–Crippen LogP) is 0.835. The van der Waals surface area contributed by atoms with Crippen LogP contribution in [-0.2, 0) is 16.1 Å². The maximum atomic E-state index is 13.3. The van der Waals surface area contributed by atoms with E-state index in [9.17, 15) is 9.59 Å². The molecule has 3 fully saturated rings. The maximum absolute atomic E-state index is 13.3. The third kappa shape index (κ3) is 3.73. The van der Waals surface area contributed by atoms with Crippen LogP contribution in [-0.4, -0.2) is 66.9 Å². The zero-order valence-corrected chi connectivity index (χ0v) is 16.1. The first-order valence-corrected chi connectivity index (χ1v) is 10.1. The van der Waals surface area contributed by atoms with E-state index in [0.29, 0.717) is 5.92 Å². The van der Waals surface area contributed by atoms with Gasteiger partial charge in [-0.2, -0.15) is 0 Å². The minimum Gasteiger partial charge on any atom is -0.353 e. The number of piperidine rings is 1. The summed E-state index contributed by atoms with van der Waals surface area (Å²) < 4.78 is 0. The van der Waals surface area contributed by atoms with E-state index in [4.69, 9.17) is 0 Å². The van der Waals surface area contributed by atoms with Gasteiger partial charge in [0.05, 0.1) is 5.41 Å². The maximum Gasteiger partial charge on any atom is 0.229 e. The van der Waals surface area contributed by atoms with Crippen LogP contribution in [0.15, 0.2) is 30.3 Å². The van der Waals surface area contributed by atoms with E-state index in [1.807, 2.05) is 11.0 Å². The van der Waals surface area contributed by atoms with E-state index >= 15 is 0 Å². The number of rotatable bonds is 4. The van der Waals surface area contributed by atoms with Gasteiger partial charge in [-0.3, -0.25) is 14.5 Å². The Morgan fingerprint density at radius 2 is 1.96 bits per heavy atom. The van der Waals surface area contributed by atoms with Gasteiger partial charge in [0.1, 0.15) is 0 Å². The van der Waals surface area contributed by atoms with E-state index in [1.54, 1.807) is 6.92 Å². The van der Waals surface area contributed by atoms with E-state index in [1.165, 1.54) is 5.56 Å². The molecular formula is C21H30N4O2. The molecule has 1 aromatic carbocycles. The lowest BCUT2D eigenvalue weighted by Gasteiger charge is -2.34. The summed E-state index contributed by atoms with van der Waals surface area (Å²) in [5.74, 6) is 0.707. The van der Waals surface area contributed by atoms with Gasteiger partial charge >= 0.3 is 0 Å². The second-order valence-electron chi connectivity index (χ2n) is 8.39. The Kier molecular flexibility index (Phi) is 5.19. The van der Waals surface area contributed by atoms with Gasteiger partial charge < -0.3 is 15.5 Å². The summed E-state index contributed by atoms with van der Waals surface area (Å²) in [6.07, 6.45) is 1.71. The molecule has 27 heavy (non-hydrogen) atoms. The first kappa shape index (κ1) is 18.4. The molecule has 0 radical (unpaired) electrons. The Morgan fingerprint density at radius 1 is 1.22 bits per heavy atom. The normalized spacial score (nSPS) is 28.9. The van der Waals surface area contributed by atoms with Crippen molar-refractivity contribution in [1.82, 2.24) is 20.4 Å². The summed E-state index contributed by atoms with van der Waals surface area (Å²) in [7, 11) is 0. The van der Waals surface area contributed by atoms with Crippen LogP contribution >= 0.6 is 0 Å². The van der Waals surface area contributed by atoms with Gasteiger partial charge in [0.15, 0.2) is 0 Å². The van der Waals surface area contributed by atoms with Crippen LogP contribution in [0.3, 0.4) is 0 Å². The molecular weight excluding hydrogens is 340 g/mol. The Labute approximate surface area is 161 Å². The molecule has 146 valence electrons. The highest BCUT2D eigenvalue weighted by Gasteiger charge is 2.54. The van der Waals surface area contributed by atoms with Gasteiger partial charge in [-0.25, -0.2) is 0 Å². The summed E-state index contributed by atoms with van der Waals surface area (Å²) in [6, 6.07) is 10.7. The van der Waals surface area contributed by atoms with Gasteiger partial charge in [0.2, 0.25) is 11.8 Å². The van der Waals surface area contributed by atoms with Crippen LogP contribution in [0.1, 0.15) is 25.3 Å². The van der Waals surface area contributed by atoms with Crippen molar-refractivity contribution in [1.29, 1.82) is 0 Å². The Balaban J connectivity index is 1.38. The zero-order valence-electron chi connectivity index (χ0n) is 16.1. The van der Waals surface area contributed by atoms with Crippen LogP contribution in [0, 0.1) is 11.3 Å². The fourth-order valence-corrected chi connectivity index (χ4v) is 4.98. The van der Waals surface area contributed by atoms with Crippen molar-refractivity contribution < 1.29 is 9.59 Å². The number of nitrogens with one attached hydrogen (secondary N) is 2. The molecule has 3 heterocycles. The number of fused-ring (bicyclic) bond motifs is 1. The van der Waals surface area contributed by atoms with Crippen LogP contribution in [0.2, 0.25) is 0 Å². The average molecular weight is 370 g/mol. The lowest BCUT2D eigenvalue weighted by molar-refractivity contribution is -0.132. The van der Waals surface area contributed by atoms with Crippen LogP contribution < -0.4 is 10.6 Å². The third-order valence-electron chi connectivity index (χ3n) is 6.57. The molecule has 2 atom stereocenters. The standard InChI is InChI=1S/C21H30N4O2/c1-16(26)25-9-7-19(8-10-25)23-20(27)21-14-22-11-18(21)13-24(15-21)12-17-5-3-2-4-6-17/h2-6,18-19,22H,7-15H2,1H3,(H,23,27)/t18-,21-/m1/s1. The number of hydrogen-bond donors (Lipinski definition) is 2. The van der Waals surface area contributed by atoms with Crippen molar-refractivity contribution in [3.8, 4) is 0 Å². The monoisotopic (exact) mass is 370 g/mol. The highest BCUT2D eigenvalue weighted by atomic mass is 16.2. The number of nitrogens with zero attached hydrogens (tertiary/aromatic N) is 2. The lowest BCUT2D eigenvalue weighted by atomic mass is 9.79. The van der Waals surface area contributed by atoms with E-state index in [0.717, 1.165) is 58.7 Å². The van der Waals surface area contributed by atoms with E-state index < -0.39 is 0 Å². The highest BCUT2D eigenvalue weighted by molar-refractivity contribution is 5.85. The molecule has 0 bridgehead atoms. The van der Waals surface area contributed by atoms with Crippen LogP contribution in [0.4, 0.5) is 0 Å². The summed E-state index contributed by atoms with van der Waals surface area (Å²) in [5, 5.41) is 6.77. The number of amides is 2. The molecule has 3 aliphatic heterocycles. The smallest absolute Gasteiger partial charge is 0.229 e.